The molecular formula is C16H18N2O2. The maximum absolute atomic E-state index is 10.6. The third-order valence-electron chi connectivity index (χ3n) is 3.05. The molecular weight excluding hydrogens is 252 g/mol. The second kappa shape index (κ2) is 6.70. The van der Waals surface area contributed by atoms with Gasteiger partial charge in [-0.15, -0.1) is 0 Å². The van der Waals surface area contributed by atoms with Crippen molar-refractivity contribution in [1.82, 2.24) is 9.78 Å². The molecule has 0 aliphatic heterocycles. The van der Waals surface area contributed by atoms with Gasteiger partial charge in [-0.1, -0.05) is 43.7 Å². The number of aliphatic carboxylic acids is 1. The normalized spacial score (nSPS) is 11.1. The summed E-state index contributed by atoms with van der Waals surface area (Å²) in [6.07, 6.45) is 6.37. The lowest BCUT2D eigenvalue weighted by Gasteiger charge is -2.08. The summed E-state index contributed by atoms with van der Waals surface area (Å²) >= 11 is 0. The van der Waals surface area contributed by atoms with Gasteiger partial charge < -0.3 is 5.11 Å². The Balaban J connectivity index is 2.26. The molecule has 4 heteroatoms. The summed E-state index contributed by atoms with van der Waals surface area (Å²) in [5.41, 5.74) is 3.14. The van der Waals surface area contributed by atoms with Crippen molar-refractivity contribution in [3.63, 3.8) is 0 Å². The first-order chi connectivity index (χ1) is 9.70. The molecule has 1 N–H and O–H groups in total. The Kier molecular flexibility index (Phi) is 4.71. The van der Waals surface area contributed by atoms with Gasteiger partial charge in [-0.2, -0.15) is 5.10 Å². The van der Waals surface area contributed by atoms with Gasteiger partial charge in [0.2, 0.25) is 0 Å². The first-order valence-electron chi connectivity index (χ1n) is 6.70. The fraction of sp³-hybridized carbons (Fsp3) is 0.250. The number of rotatable bonds is 6. The summed E-state index contributed by atoms with van der Waals surface area (Å²) in [5.74, 6) is -0.941. The largest absolute Gasteiger partial charge is 0.478 e. The molecule has 20 heavy (non-hydrogen) atoms. The van der Waals surface area contributed by atoms with E-state index in [9.17, 15) is 4.79 Å². The highest BCUT2D eigenvalue weighted by Gasteiger charge is 2.08. The molecule has 1 heterocycles. The Hall–Kier alpha value is -2.36. The van der Waals surface area contributed by atoms with Crippen LogP contribution in [0.2, 0.25) is 0 Å². The van der Waals surface area contributed by atoms with E-state index in [1.54, 1.807) is 12.3 Å². The maximum atomic E-state index is 10.6. The maximum Gasteiger partial charge on any atom is 0.328 e. The molecule has 4 nitrogen and oxygen atoms in total. The van der Waals surface area contributed by atoms with E-state index in [0.717, 1.165) is 30.2 Å². The molecule has 0 aliphatic rings. The lowest BCUT2D eigenvalue weighted by Crippen LogP contribution is -2.06. The zero-order valence-corrected chi connectivity index (χ0v) is 11.5. The van der Waals surface area contributed by atoms with Crippen LogP contribution >= 0.6 is 0 Å². The van der Waals surface area contributed by atoms with Crippen LogP contribution < -0.4 is 0 Å². The molecule has 1 aromatic carbocycles. The van der Waals surface area contributed by atoms with Gasteiger partial charge in [0.15, 0.2) is 0 Å². The van der Waals surface area contributed by atoms with Gasteiger partial charge in [-0.25, -0.2) is 4.79 Å². The average molecular weight is 270 g/mol. The van der Waals surface area contributed by atoms with Gasteiger partial charge in [0, 0.05) is 17.3 Å². The van der Waals surface area contributed by atoms with Gasteiger partial charge in [-0.3, -0.25) is 4.68 Å². The fourth-order valence-corrected chi connectivity index (χ4v) is 2.13. The summed E-state index contributed by atoms with van der Waals surface area (Å²) in [5, 5.41) is 13.1. The number of carboxylic acids is 1. The van der Waals surface area contributed by atoms with Crippen LogP contribution in [0.1, 0.15) is 30.2 Å². The van der Waals surface area contributed by atoms with Crippen molar-refractivity contribution in [2.24, 2.45) is 0 Å². The van der Waals surface area contributed by atoms with Crippen molar-refractivity contribution >= 4 is 12.0 Å². The molecule has 0 saturated carbocycles. The van der Waals surface area contributed by atoms with Crippen LogP contribution in [0.4, 0.5) is 0 Å². The van der Waals surface area contributed by atoms with Crippen molar-refractivity contribution in [3.05, 3.63) is 59.4 Å². The van der Waals surface area contributed by atoms with Crippen molar-refractivity contribution < 1.29 is 9.90 Å². The van der Waals surface area contributed by atoms with Gasteiger partial charge in [0.05, 0.1) is 12.7 Å². The summed E-state index contributed by atoms with van der Waals surface area (Å²) < 4.78 is 1.94. The highest BCUT2D eigenvalue weighted by molar-refractivity contribution is 5.85. The molecule has 104 valence electrons. The molecule has 0 bridgehead atoms. The number of aromatic nitrogens is 2. The lowest BCUT2D eigenvalue weighted by molar-refractivity contribution is -0.131. The lowest BCUT2D eigenvalue weighted by atomic mass is 10.1. The monoisotopic (exact) mass is 270 g/mol. The molecule has 2 aromatic rings. The van der Waals surface area contributed by atoms with E-state index in [-0.39, 0.29) is 0 Å². The zero-order chi connectivity index (χ0) is 14.4. The second-order valence-corrected chi connectivity index (χ2v) is 4.61. The number of carboxylic acid groups (broad SMARTS) is 1. The Bertz CT molecular complexity index is 600. The number of hydrogen-bond donors (Lipinski definition) is 1. The Labute approximate surface area is 118 Å². The van der Waals surface area contributed by atoms with Crippen LogP contribution in [0.5, 0.6) is 0 Å². The van der Waals surface area contributed by atoms with Crippen molar-refractivity contribution in [3.8, 4) is 0 Å². The quantitative estimate of drug-likeness (QED) is 0.821. The fourth-order valence-electron chi connectivity index (χ4n) is 2.13. The van der Waals surface area contributed by atoms with Gasteiger partial charge in [0.25, 0.3) is 0 Å². The van der Waals surface area contributed by atoms with Crippen LogP contribution in [0, 0.1) is 0 Å². The van der Waals surface area contributed by atoms with E-state index in [1.165, 1.54) is 5.56 Å². The van der Waals surface area contributed by atoms with Gasteiger partial charge in [-0.05, 0) is 18.1 Å². The summed E-state index contributed by atoms with van der Waals surface area (Å²) in [4.78, 5) is 10.6. The summed E-state index contributed by atoms with van der Waals surface area (Å²) in [6, 6.07) is 10.1. The standard InChI is InChI=1S/C16H18N2O2/c1-2-6-15-14(9-10-16(19)20)11-17-18(15)12-13-7-4-3-5-8-13/h3-5,7-11H,2,6,12H2,1H3,(H,19,20)/b10-9+. The highest BCUT2D eigenvalue weighted by atomic mass is 16.4. The van der Waals surface area contributed by atoms with Crippen LogP contribution in [0.25, 0.3) is 6.08 Å². The molecule has 0 atom stereocenters. The average Bonchev–Trinajstić information content (AvgIpc) is 2.81. The summed E-state index contributed by atoms with van der Waals surface area (Å²) in [6.45, 7) is 2.81. The molecule has 0 aliphatic carbocycles. The molecule has 2 rings (SSSR count). The molecule has 0 amide bonds. The van der Waals surface area contributed by atoms with E-state index in [0.29, 0.717) is 6.54 Å². The second-order valence-electron chi connectivity index (χ2n) is 4.61. The van der Waals surface area contributed by atoms with E-state index in [1.807, 2.05) is 22.9 Å². The molecule has 0 saturated heterocycles. The number of carbonyl (C=O) groups is 1. The number of benzene rings is 1. The first-order valence-corrected chi connectivity index (χ1v) is 6.70. The Morgan fingerprint density at radius 2 is 2.10 bits per heavy atom. The van der Waals surface area contributed by atoms with Crippen molar-refractivity contribution in [1.29, 1.82) is 0 Å². The first kappa shape index (κ1) is 14.1. The van der Waals surface area contributed by atoms with Crippen molar-refractivity contribution in [2.45, 2.75) is 26.3 Å². The van der Waals surface area contributed by atoms with E-state index in [4.69, 9.17) is 5.11 Å². The Morgan fingerprint density at radius 3 is 2.75 bits per heavy atom. The van der Waals surface area contributed by atoms with Crippen LogP contribution in [0.15, 0.2) is 42.6 Å². The minimum absolute atomic E-state index is 0.705. The molecule has 0 radical (unpaired) electrons. The van der Waals surface area contributed by atoms with Gasteiger partial charge in [0.1, 0.15) is 0 Å². The predicted molar refractivity (Wildman–Crippen MR) is 78.4 cm³/mol. The van der Waals surface area contributed by atoms with E-state index >= 15 is 0 Å². The van der Waals surface area contributed by atoms with Crippen LogP contribution in [-0.4, -0.2) is 20.9 Å². The molecule has 1 aromatic heterocycles. The minimum Gasteiger partial charge on any atom is -0.478 e. The molecule has 0 fully saturated rings. The number of hydrogen-bond acceptors (Lipinski definition) is 2. The zero-order valence-electron chi connectivity index (χ0n) is 11.5. The minimum atomic E-state index is -0.941. The molecule has 0 unspecified atom stereocenters. The van der Waals surface area contributed by atoms with E-state index < -0.39 is 5.97 Å². The highest BCUT2D eigenvalue weighted by Crippen LogP contribution is 2.15. The SMILES string of the molecule is CCCc1c(/C=C/C(=O)O)cnn1Cc1ccccc1. The van der Waals surface area contributed by atoms with Crippen molar-refractivity contribution in [2.75, 3.05) is 0 Å². The molecule has 0 spiro atoms. The smallest absolute Gasteiger partial charge is 0.328 e. The summed E-state index contributed by atoms with van der Waals surface area (Å²) in [7, 11) is 0. The van der Waals surface area contributed by atoms with Gasteiger partial charge >= 0.3 is 5.97 Å². The predicted octanol–water partition coefficient (Wildman–Crippen LogP) is 2.98. The topological polar surface area (TPSA) is 55.1 Å². The van der Waals surface area contributed by atoms with E-state index in [2.05, 4.69) is 24.2 Å². The Morgan fingerprint density at radius 1 is 1.35 bits per heavy atom. The number of nitrogens with zero attached hydrogens (tertiary/aromatic N) is 2. The van der Waals surface area contributed by atoms with Crippen LogP contribution in [0.3, 0.4) is 0 Å². The third kappa shape index (κ3) is 3.57. The van der Waals surface area contributed by atoms with Crippen LogP contribution in [-0.2, 0) is 17.8 Å². The third-order valence-corrected chi connectivity index (χ3v) is 3.05.